The van der Waals surface area contributed by atoms with Gasteiger partial charge in [0.05, 0.1) is 15.7 Å². The molecule has 2 aromatic carbocycles. The number of halogens is 3. The van der Waals surface area contributed by atoms with Gasteiger partial charge in [-0.15, -0.1) is 0 Å². The SMILES string of the molecule is Cc1ccc(F)c(N2CCN(C(=O)c3ccc(Cl)c(Cl)c3)C(C)C2=O)c1. The van der Waals surface area contributed by atoms with Crippen LogP contribution in [0.4, 0.5) is 10.1 Å². The minimum atomic E-state index is -0.717. The zero-order valence-electron chi connectivity index (χ0n) is 14.3. The van der Waals surface area contributed by atoms with Crippen molar-refractivity contribution in [3.05, 3.63) is 63.4 Å². The maximum atomic E-state index is 14.2. The second kappa shape index (κ2) is 7.25. The molecule has 26 heavy (non-hydrogen) atoms. The van der Waals surface area contributed by atoms with Crippen LogP contribution in [0.5, 0.6) is 0 Å². The predicted octanol–water partition coefficient (Wildman–Crippen LogP) is 4.32. The largest absolute Gasteiger partial charge is 0.325 e. The van der Waals surface area contributed by atoms with E-state index < -0.39 is 11.9 Å². The van der Waals surface area contributed by atoms with E-state index in [1.807, 2.05) is 6.92 Å². The zero-order chi connectivity index (χ0) is 19.0. The van der Waals surface area contributed by atoms with Crippen molar-refractivity contribution in [1.29, 1.82) is 0 Å². The van der Waals surface area contributed by atoms with E-state index in [0.29, 0.717) is 17.1 Å². The highest BCUT2D eigenvalue weighted by Gasteiger charge is 2.36. The van der Waals surface area contributed by atoms with Crippen LogP contribution < -0.4 is 4.90 Å². The van der Waals surface area contributed by atoms with Gasteiger partial charge in [0.25, 0.3) is 5.91 Å². The summed E-state index contributed by atoms with van der Waals surface area (Å²) in [4.78, 5) is 28.4. The van der Waals surface area contributed by atoms with E-state index in [9.17, 15) is 14.0 Å². The molecule has 2 amide bonds. The van der Waals surface area contributed by atoms with Gasteiger partial charge in [-0.1, -0.05) is 29.3 Å². The Bertz CT molecular complexity index is 888. The first-order valence-corrected chi connectivity index (χ1v) is 8.88. The summed E-state index contributed by atoms with van der Waals surface area (Å²) in [5.41, 5.74) is 1.45. The van der Waals surface area contributed by atoms with Crippen LogP contribution in [0.2, 0.25) is 10.0 Å². The highest BCUT2D eigenvalue weighted by molar-refractivity contribution is 6.42. The minimum Gasteiger partial charge on any atom is -0.325 e. The lowest BCUT2D eigenvalue weighted by Gasteiger charge is -2.39. The summed E-state index contributed by atoms with van der Waals surface area (Å²) in [6.07, 6.45) is 0. The van der Waals surface area contributed by atoms with E-state index in [-0.39, 0.29) is 29.1 Å². The van der Waals surface area contributed by atoms with Crippen LogP contribution in [0, 0.1) is 12.7 Å². The quantitative estimate of drug-likeness (QED) is 0.760. The van der Waals surface area contributed by atoms with E-state index >= 15 is 0 Å². The molecule has 0 aliphatic carbocycles. The van der Waals surface area contributed by atoms with E-state index in [0.717, 1.165) is 5.56 Å². The number of nitrogens with zero attached hydrogens (tertiary/aromatic N) is 2. The molecule has 1 unspecified atom stereocenters. The average Bonchev–Trinajstić information content (AvgIpc) is 2.61. The average molecular weight is 395 g/mol. The molecule has 4 nitrogen and oxygen atoms in total. The molecule has 1 heterocycles. The second-order valence-corrected chi connectivity index (χ2v) is 7.06. The van der Waals surface area contributed by atoms with Crippen molar-refractivity contribution >= 4 is 40.7 Å². The van der Waals surface area contributed by atoms with Crippen LogP contribution in [-0.2, 0) is 4.79 Å². The topological polar surface area (TPSA) is 40.6 Å². The van der Waals surface area contributed by atoms with Crippen LogP contribution in [0.3, 0.4) is 0 Å². The molecule has 0 N–H and O–H groups in total. The van der Waals surface area contributed by atoms with Gasteiger partial charge in [-0.3, -0.25) is 9.59 Å². The Labute approximate surface area is 161 Å². The number of aryl methyl sites for hydroxylation is 1. The van der Waals surface area contributed by atoms with Gasteiger partial charge in [-0.25, -0.2) is 4.39 Å². The fourth-order valence-corrected chi connectivity index (χ4v) is 3.31. The summed E-state index contributed by atoms with van der Waals surface area (Å²) in [5.74, 6) is -1.09. The zero-order valence-corrected chi connectivity index (χ0v) is 15.8. The molecule has 136 valence electrons. The molecule has 0 aromatic heterocycles. The van der Waals surface area contributed by atoms with Crippen LogP contribution in [0.1, 0.15) is 22.8 Å². The number of hydrogen-bond donors (Lipinski definition) is 0. The Morgan fingerprint density at radius 3 is 2.54 bits per heavy atom. The highest BCUT2D eigenvalue weighted by Crippen LogP contribution is 2.27. The van der Waals surface area contributed by atoms with Gasteiger partial charge < -0.3 is 9.80 Å². The second-order valence-electron chi connectivity index (χ2n) is 6.25. The van der Waals surface area contributed by atoms with E-state index in [1.54, 1.807) is 31.2 Å². The Balaban J connectivity index is 1.84. The van der Waals surface area contributed by atoms with Crippen molar-refractivity contribution in [2.75, 3.05) is 18.0 Å². The molecule has 3 rings (SSSR count). The molecule has 1 saturated heterocycles. The van der Waals surface area contributed by atoms with Gasteiger partial charge in [-0.2, -0.15) is 0 Å². The number of rotatable bonds is 2. The van der Waals surface area contributed by atoms with E-state index in [2.05, 4.69) is 0 Å². The van der Waals surface area contributed by atoms with Crippen molar-refractivity contribution in [1.82, 2.24) is 4.90 Å². The molecule has 7 heteroatoms. The van der Waals surface area contributed by atoms with Crippen molar-refractivity contribution in [2.45, 2.75) is 19.9 Å². The molecule has 0 bridgehead atoms. The summed E-state index contributed by atoms with van der Waals surface area (Å²) in [7, 11) is 0. The number of hydrogen-bond acceptors (Lipinski definition) is 2. The number of amides is 2. The summed E-state index contributed by atoms with van der Waals surface area (Å²) in [6, 6.07) is 8.51. The van der Waals surface area contributed by atoms with Gasteiger partial charge in [0.1, 0.15) is 11.9 Å². The molecule has 1 aliphatic rings. The first kappa shape index (κ1) is 18.7. The number of carbonyl (C=O) groups is 2. The Morgan fingerprint density at radius 2 is 1.85 bits per heavy atom. The third kappa shape index (κ3) is 3.41. The fraction of sp³-hybridized carbons (Fsp3) is 0.263. The Kier molecular flexibility index (Phi) is 5.21. The van der Waals surface area contributed by atoms with E-state index in [4.69, 9.17) is 23.2 Å². The van der Waals surface area contributed by atoms with Crippen LogP contribution >= 0.6 is 23.2 Å². The maximum Gasteiger partial charge on any atom is 0.254 e. The molecule has 1 aliphatic heterocycles. The number of piperazine rings is 1. The lowest BCUT2D eigenvalue weighted by molar-refractivity contribution is -0.124. The summed E-state index contributed by atoms with van der Waals surface area (Å²) >= 11 is 11.9. The highest BCUT2D eigenvalue weighted by atomic mass is 35.5. The van der Waals surface area contributed by atoms with Gasteiger partial charge in [0.2, 0.25) is 5.91 Å². The molecule has 1 atom stereocenters. The Morgan fingerprint density at radius 1 is 1.12 bits per heavy atom. The predicted molar refractivity (Wildman–Crippen MR) is 100 cm³/mol. The monoisotopic (exact) mass is 394 g/mol. The van der Waals surface area contributed by atoms with Crippen LogP contribution in [-0.4, -0.2) is 35.8 Å². The summed E-state index contributed by atoms with van der Waals surface area (Å²) in [5, 5.41) is 0.629. The van der Waals surface area contributed by atoms with Gasteiger partial charge >= 0.3 is 0 Å². The smallest absolute Gasteiger partial charge is 0.254 e. The summed E-state index contributed by atoms with van der Waals surface area (Å²) < 4.78 is 14.2. The van der Waals surface area contributed by atoms with Crippen molar-refractivity contribution < 1.29 is 14.0 Å². The number of benzene rings is 2. The molecule has 0 saturated carbocycles. The number of carbonyl (C=O) groups excluding carboxylic acids is 2. The third-order valence-corrected chi connectivity index (χ3v) is 5.21. The van der Waals surface area contributed by atoms with Crippen molar-refractivity contribution in [3.8, 4) is 0 Å². The third-order valence-electron chi connectivity index (χ3n) is 4.48. The number of anilines is 1. The van der Waals surface area contributed by atoms with Gasteiger partial charge in [0.15, 0.2) is 0 Å². The van der Waals surface area contributed by atoms with Crippen molar-refractivity contribution in [3.63, 3.8) is 0 Å². The van der Waals surface area contributed by atoms with Gasteiger partial charge in [0, 0.05) is 18.7 Å². The normalized spacial score (nSPS) is 17.6. The minimum absolute atomic E-state index is 0.219. The standard InChI is InChI=1S/C19H17Cl2FN2O2/c1-11-3-6-16(22)17(9-11)24-8-7-23(12(2)18(24)25)19(26)13-4-5-14(20)15(21)10-13/h3-6,9-10,12H,7-8H2,1-2H3. The van der Waals surface area contributed by atoms with Crippen LogP contribution in [0.25, 0.3) is 0 Å². The van der Waals surface area contributed by atoms with Crippen LogP contribution in [0.15, 0.2) is 36.4 Å². The maximum absolute atomic E-state index is 14.2. The summed E-state index contributed by atoms with van der Waals surface area (Å²) in [6.45, 7) is 3.98. The van der Waals surface area contributed by atoms with Gasteiger partial charge in [-0.05, 0) is 49.7 Å². The van der Waals surface area contributed by atoms with Crippen molar-refractivity contribution in [2.24, 2.45) is 0 Å². The molecule has 0 spiro atoms. The Hall–Kier alpha value is -2.11. The molecule has 0 radical (unpaired) electrons. The van der Waals surface area contributed by atoms with E-state index in [1.165, 1.54) is 21.9 Å². The fourth-order valence-electron chi connectivity index (χ4n) is 3.01. The molecular formula is C19H17Cl2FN2O2. The first-order valence-electron chi connectivity index (χ1n) is 8.13. The molecular weight excluding hydrogens is 378 g/mol. The first-order chi connectivity index (χ1) is 12.3. The lowest BCUT2D eigenvalue weighted by atomic mass is 10.1. The molecule has 2 aromatic rings. The lowest BCUT2D eigenvalue weighted by Crippen LogP contribution is -2.58. The molecule has 1 fully saturated rings.